The predicted octanol–water partition coefficient (Wildman–Crippen LogP) is 1.92. The van der Waals surface area contributed by atoms with E-state index in [1.54, 1.807) is 36.3 Å². The van der Waals surface area contributed by atoms with Gasteiger partial charge in [-0.2, -0.15) is 0 Å². The van der Waals surface area contributed by atoms with Crippen LogP contribution >= 0.6 is 0 Å². The number of hydrogen-bond acceptors (Lipinski definition) is 5. The molecule has 0 aliphatic carbocycles. The lowest BCUT2D eigenvalue weighted by Crippen LogP contribution is -2.22. The third-order valence-electron chi connectivity index (χ3n) is 2.60. The molecule has 0 aromatic carbocycles. The van der Waals surface area contributed by atoms with Gasteiger partial charge in [-0.05, 0) is 26.0 Å². The standard InChI is InChI=1S/C14H17N3O3/c1-3-19-14(18)13-16-7-8-17(13)10-11(2)20-12-5-4-6-15-9-12/h4-9,11H,3,10H2,1-2H3. The molecule has 0 radical (unpaired) electrons. The van der Waals surface area contributed by atoms with Crippen molar-refractivity contribution >= 4 is 5.97 Å². The van der Waals surface area contributed by atoms with Gasteiger partial charge in [0.1, 0.15) is 11.9 Å². The van der Waals surface area contributed by atoms with E-state index >= 15 is 0 Å². The van der Waals surface area contributed by atoms with Crippen LogP contribution in [0.5, 0.6) is 5.75 Å². The Kier molecular flexibility index (Phi) is 4.70. The molecule has 6 nitrogen and oxygen atoms in total. The summed E-state index contributed by atoms with van der Waals surface area (Å²) in [4.78, 5) is 19.7. The minimum atomic E-state index is -0.425. The van der Waals surface area contributed by atoms with Crippen LogP contribution in [0.3, 0.4) is 0 Å². The van der Waals surface area contributed by atoms with Crippen molar-refractivity contribution in [3.05, 3.63) is 42.7 Å². The molecule has 0 fully saturated rings. The first kappa shape index (κ1) is 14.0. The van der Waals surface area contributed by atoms with Gasteiger partial charge in [0.25, 0.3) is 0 Å². The maximum atomic E-state index is 11.7. The van der Waals surface area contributed by atoms with Crippen LogP contribution in [-0.2, 0) is 11.3 Å². The molecule has 6 heteroatoms. The number of carbonyl (C=O) groups excluding carboxylic acids is 1. The Hall–Kier alpha value is -2.37. The topological polar surface area (TPSA) is 66.2 Å². The minimum absolute atomic E-state index is 0.124. The smallest absolute Gasteiger partial charge is 0.374 e. The van der Waals surface area contributed by atoms with Crippen LogP contribution in [0.2, 0.25) is 0 Å². The molecule has 2 aromatic rings. The zero-order valence-electron chi connectivity index (χ0n) is 11.5. The highest BCUT2D eigenvalue weighted by atomic mass is 16.5. The maximum Gasteiger partial charge on any atom is 0.374 e. The largest absolute Gasteiger partial charge is 0.487 e. The molecular weight excluding hydrogens is 258 g/mol. The molecule has 1 unspecified atom stereocenters. The summed E-state index contributed by atoms with van der Waals surface area (Å²) in [5.41, 5.74) is 0. The molecule has 1 atom stereocenters. The van der Waals surface area contributed by atoms with E-state index in [4.69, 9.17) is 9.47 Å². The van der Waals surface area contributed by atoms with E-state index in [1.165, 1.54) is 0 Å². The van der Waals surface area contributed by atoms with Gasteiger partial charge in [-0.15, -0.1) is 0 Å². The summed E-state index contributed by atoms with van der Waals surface area (Å²) in [5.74, 6) is 0.553. The number of nitrogens with zero attached hydrogens (tertiary/aromatic N) is 3. The molecule has 2 rings (SSSR count). The first-order valence-electron chi connectivity index (χ1n) is 6.45. The quantitative estimate of drug-likeness (QED) is 0.753. The molecule has 0 bridgehead atoms. The molecule has 0 aliphatic rings. The molecule has 0 saturated heterocycles. The van der Waals surface area contributed by atoms with Gasteiger partial charge in [-0.3, -0.25) is 4.98 Å². The van der Waals surface area contributed by atoms with E-state index in [0.29, 0.717) is 18.9 Å². The number of esters is 1. The van der Waals surface area contributed by atoms with Gasteiger partial charge < -0.3 is 14.0 Å². The molecule has 2 aromatic heterocycles. The minimum Gasteiger partial charge on any atom is -0.487 e. The van der Waals surface area contributed by atoms with Crippen LogP contribution in [0.4, 0.5) is 0 Å². The van der Waals surface area contributed by atoms with E-state index < -0.39 is 5.97 Å². The van der Waals surface area contributed by atoms with Crippen molar-refractivity contribution in [2.45, 2.75) is 26.5 Å². The van der Waals surface area contributed by atoms with Crippen LogP contribution < -0.4 is 4.74 Å². The van der Waals surface area contributed by atoms with Crippen molar-refractivity contribution in [1.82, 2.24) is 14.5 Å². The van der Waals surface area contributed by atoms with Crippen molar-refractivity contribution in [3.8, 4) is 5.75 Å². The van der Waals surface area contributed by atoms with Crippen molar-refractivity contribution in [2.75, 3.05) is 6.61 Å². The maximum absolute atomic E-state index is 11.7. The first-order chi connectivity index (χ1) is 9.70. The fourth-order valence-corrected chi connectivity index (χ4v) is 1.81. The van der Waals surface area contributed by atoms with E-state index in [1.807, 2.05) is 19.1 Å². The second-order valence-electron chi connectivity index (χ2n) is 4.24. The third-order valence-corrected chi connectivity index (χ3v) is 2.60. The number of ether oxygens (including phenoxy) is 2. The summed E-state index contributed by atoms with van der Waals surface area (Å²) in [6, 6.07) is 3.65. The lowest BCUT2D eigenvalue weighted by atomic mass is 10.3. The monoisotopic (exact) mass is 275 g/mol. The van der Waals surface area contributed by atoms with Gasteiger partial charge in [-0.25, -0.2) is 9.78 Å². The molecule has 0 N–H and O–H groups in total. The summed E-state index contributed by atoms with van der Waals surface area (Å²) in [6.45, 7) is 4.51. The average molecular weight is 275 g/mol. The van der Waals surface area contributed by atoms with Crippen LogP contribution in [0, 0.1) is 0 Å². The van der Waals surface area contributed by atoms with E-state index in [9.17, 15) is 4.79 Å². The van der Waals surface area contributed by atoms with E-state index in [0.717, 1.165) is 0 Å². The van der Waals surface area contributed by atoms with Gasteiger partial charge in [0, 0.05) is 18.6 Å². The highest BCUT2D eigenvalue weighted by molar-refractivity contribution is 5.85. The average Bonchev–Trinajstić information content (AvgIpc) is 2.88. The SMILES string of the molecule is CCOC(=O)c1nccn1CC(C)Oc1cccnc1. The summed E-state index contributed by atoms with van der Waals surface area (Å²) in [6.07, 6.45) is 6.52. The molecule has 2 heterocycles. The number of aromatic nitrogens is 3. The summed E-state index contributed by atoms with van der Waals surface area (Å²) in [7, 11) is 0. The van der Waals surface area contributed by atoms with Gasteiger partial charge >= 0.3 is 5.97 Å². The Bertz CT molecular complexity index is 554. The molecule has 0 spiro atoms. The molecule has 0 saturated carbocycles. The lowest BCUT2D eigenvalue weighted by molar-refractivity contribution is 0.0503. The molecule has 106 valence electrons. The number of pyridine rings is 1. The van der Waals surface area contributed by atoms with E-state index in [-0.39, 0.29) is 11.9 Å². The third kappa shape index (κ3) is 3.57. The zero-order chi connectivity index (χ0) is 14.4. The van der Waals surface area contributed by atoms with Crippen molar-refractivity contribution in [2.24, 2.45) is 0 Å². The Morgan fingerprint density at radius 2 is 2.30 bits per heavy atom. The van der Waals surface area contributed by atoms with Gasteiger partial charge in [-0.1, -0.05) is 0 Å². The van der Waals surface area contributed by atoms with Crippen molar-refractivity contribution in [3.63, 3.8) is 0 Å². The number of imidazole rings is 1. The Balaban J connectivity index is 2.00. The second kappa shape index (κ2) is 6.70. The fourth-order valence-electron chi connectivity index (χ4n) is 1.81. The predicted molar refractivity (Wildman–Crippen MR) is 72.5 cm³/mol. The summed E-state index contributed by atoms with van der Waals surface area (Å²) >= 11 is 0. The van der Waals surface area contributed by atoms with Crippen molar-refractivity contribution < 1.29 is 14.3 Å². The zero-order valence-corrected chi connectivity index (χ0v) is 11.5. The van der Waals surface area contributed by atoms with Gasteiger partial charge in [0.2, 0.25) is 5.82 Å². The Labute approximate surface area is 117 Å². The Morgan fingerprint density at radius 3 is 3.00 bits per heavy atom. The fraction of sp³-hybridized carbons (Fsp3) is 0.357. The van der Waals surface area contributed by atoms with Crippen LogP contribution in [0.1, 0.15) is 24.5 Å². The van der Waals surface area contributed by atoms with Crippen LogP contribution in [0.15, 0.2) is 36.9 Å². The first-order valence-corrected chi connectivity index (χ1v) is 6.45. The lowest BCUT2D eigenvalue weighted by Gasteiger charge is -2.16. The number of carbonyl (C=O) groups is 1. The van der Waals surface area contributed by atoms with Crippen LogP contribution in [0.25, 0.3) is 0 Å². The normalized spacial score (nSPS) is 11.9. The molecule has 0 amide bonds. The molecule has 0 aliphatic heterocycles. The second-order valence-corrected chi connectivity index (χ2v) is 4.24. The van der Waals surface area contributed by atoms with Crippen molar-refractivity contribution in [1.29, 1.82) is 0 Å². The highest BCUT2D eigenvalue weighted by Gasteiger charge is 2.16. The molecule has 20 heavy (non-hydrogen) atoms. The van der Waals surface area contributed by atoms with Gasteiger partial charge in [0.05, 0.1) is 19.3 Å². The summed E-state index contributed by atoms with van der Waals surface area (Å²) < 4.78 is 12.4. The van der Waals surface area contributed by atoms with Crippen LogP contribution in [-0.4, -0.2) is 33.2 Å². The van der Waals surface area contributed by atoms with Gasteiger partial charge in [0.15, 0.2) is 0 Å². The summed E-state index contributed by atoms with van der Waals surface area (Å²) in [5, 5.41) is 0. The number of rotatable bonds is 6. The Morgan fingerprint density at radius 1 is 1.45 bits per heavy atom. The highest BCUT2D eigenvalue weighted by Crippen LogP contribution is 2.11. The number of hydrogen-bond donors (Lipinski definition) is 0. The van der Waals surface area contributed by atoms with E-state index in [2.05, 4.69) is 9.97 Å². The molecular formula is C14H17N3O3.